The molecule has 0 spiro atoms. The maximum atomic E-state index is 13.3. The zero-order valence-corrected chi connectivity index (χ0v) is 26.6. The first-order chi connectivity index (χ1) is 20.0. The summed E-state index contributed by atoms with van der Waals surface area (Å²) < 4.78 is 32.7. The third-order valence-corrected chi connectivity index (χ3v) is 10.8. The molecule has 14 heteroatoms. The van der Waals surface area contributed by atoms with E-state index in [1.54, 1.807) is 0 Å². The standard InChI is InChI=1S/C28H41Cl2N5O6S/c1-32-12-14-33(15-13-32)19-20-7-10-34(11-8-20)26(36)6-5-24(28(38)41-2)31-27(37)25-4-3-9-35(25)42(39,40)23-17-21(29)16-22(30)18-23/h16-18,20,24-25H,3-15,19H2,1-2H3,(H,31,37)/t24-,25-/m0/s1. The van der Waals surface area contributed by atoms with Gasteiger partial charge in [-0.2, -0.15) is 4.31 Å². The zero-order valence-electron chi connectivity index (χ0n) is 24.3. The fourth-order valence-corrected chi connectivity index (χ4v) is 8.33. The Hall–Kier alpha value is -1.96. The maximum absolute atomic E-state index is 13.3. The number of hydrogen-bond donors (Lipinski definition) is 1. The van der Waals surface area contributed by atoms with Gasteiger partial charge in [-0.15, -0.1) is 0 Å². The highest BCUT2D eigenvalue weighted by atomic mass is 35.5. The first-order valence-corrected chi connectivity index (χ1v) is 16.7. The Morgan fingerprint density at radius 3 is 2.24 bits per heavy atom. The third kappa shape index (κ3) is 8.35. The third-order valence-electron chi connectivity index (χ3n) is 8.48. The van der Waals surface area contributed by atoms with Gasteiger partial charge >= 0.3 is 5.97 Å². The van der Waals surface area contributed by atoms with Gasteiger partial charge in [0.1, 0.15) is 12.1 Å². The number of nitrogens with zero attached hydrogens (tertiary/aromatic N) is 4. The van der Waals surface area contributed by atoms with Gasteiger partial charge in [-0.05, 0) is 63.3 Å². The van der Waals surface area contributed by atoms with E-state index in [1.807, 2.05) is 4.90 Å². The summed E-state index contributed by atoms with van der Waals surface area (Å²) in [5, 5.41) is 2.97. The number of benzene rings is 1. The fourth-order valence-electron chi connectivity index (χ4n) is 5.95. The van der Waals surface area contributed by atoms with Gasteiger partial charge in [0, 0.05) is 68.8 Å². The van der Waals surface area contributed by atoms with Crippen molar-refractivity contribution in [1.82, 2.24) is 24.3 Å². The van der Waals surface area contributed by atoms with Crippen molar-refractivity contribution < 1.29 is 27.5 Å². The van der Waals surface area contributed by atoms with Crippen LogP contribution in [0.5, 0.6) is 0 Å². The lowest BCUT2D eigenvalue weighted by molar-refractivity contribution is -0.146. The van der Waals surface area contributed by atoms with E-state index in [1.165, 1.54) is 25.3 Å². The lowest BCUT2D eigenvalue weighted by atomic mass is 9.95. The molecule has 42 heavy (non-hydrogen) atoms. The van der Waals surface area contributed by atoms with Crippen LogP contribution >= 0.6 is 23.2 Å². The van der Waals surface area contributed by atoms with Crippen molar-refractivity contribution in [1.29, 1.82) is 0 Å². The van der Waals surface area contributed by atoms with Crippen molar-refractivity contribution in [3.8, 4) is 0 Å². The van der Waals surface area contributed by atoms with Gasteiger partial charge in [0.25, 0.3) is 0 Å². The van der Waals surface area contributed by atoms with E-state index in [2.05, 4.69) is 22.2 Å². The van der Waals surface area contributed by atoms with Crippen molar-refractivity contribution in [2.75, 3.05) is 66.5 Å². The minimum Gasteiger partial charge on any atom is -0.467 e. The number of sulfonamides is 1. The molecular weight excluding hydrogens is 605 g/mol. The molecule has 0 aliphatic carbocycles. The van der Waals surface area contributed by atoms with Crippen LogP contribution in [0.25, 0.3) is 0 Å². The zero-order chi connectivity index (χ0) is 30.4. The molecule has 1 aromatic carbocycles. The molecule has 0 bridgehead atoms. The number of rotatable bonds is 10. The molecule has 3 aliphatic heterocycles. The highest BCUT2D eigenvalue weighted by Gasteiger charge is 2.41. The highest BCUT2D eigenvalue weighted by Crippen LogP contribution is 2.30. The van der Waals surface area contributed by atoms with Crippen molar-refractivity contribution in [2.24, 2.45) is 5.92 Å². The molecule has 1 aromatic rings. The number of likely N-dealkylation sites (tertiary alicyclic amines) is 1. The number of piperazine rings is 1. The summed E-state index contributed by atoms with van der Waals surface area (Å²) in [5.74, 6) is -0.805. The SMILES string of the molecule is COC(=O)[C@H](CCC(=O)N1CCC(CN2CCN(C)CC2)CC1)NC(=O)[C@@H]1CCCN1S(=O)(=O)c1cc(Cl)cc(Cl)c1. The number of hydrogen-bond acceptors (Lipinski definition) is 8. The summed E-state index contributed by atoms with van der Waals surface area (Å²) in [5.41, 5.74) is 0. The van der Waals surface area contributed by atoms with Crippen molar-refractivity contribution in [3.05, 3.63) is 28.2 Å². The number of methoxy groups -OCH3 is 1. The average Bonchev–Trinajstić information content (AvgIpc) is 3.47. The lowest BCUT2D eigenvalue weighted by Gasteiger charge is -2.38. The van der Waals surface area contributed by atoms with Gasteiger partial charge in [-0.25, -0.2) is 13.2 Å². The monoisotopic (exact) mass is 645 g/mol. The van der Waals surface area contributed by atoms with E-state index < -0.39 is 34.0 Å². The van der Waals surface area contributed by atoms with Crippen LogP contribution in [0.2, 0.25) is 10.0 Å². The van der Waals surface area contributed by atoms with Gasteiger partial charge in [0.15, 0.2) is 0 Å². The second-order valence-corrected chi connectivity index (χ2v) is 14.2. The molecule has 3 fully saturated rings. The second kappa shape index (κ2) is 14.7. The summed E-state index contributed by atoms with van der Waals surface area (Å²) in [4.78, 5) is 45.4. The van der Waals surface area contributed by atoms with Crippen LogP contribution in [0.1, 0.15) is 38.5 Å². The number of nitrogens with one attached hydrogen (secondary N) is 1. The molecule has 0 saturated carbocycles. The second-order valence-electron chi connectivity index (χ2n) is 11.4. The molecule has 2 atom stereocenters. The first-order valence-electron chi connectivity index (χ1n) is 14.5. The molecule has 234 valence electrons. The van der Waals surface area contributed by atoms with Gasteiger partial charge in [-0.1, -0.05) is 23.2 Å². The van der Waals surface area contributed by atoms with E-state index in [-0.39, 0.29) is 46.7 Å². The molecule has 0 aromatic heterocycles. The minimum atomic E-state index is -4.07. The number of carbonyl (C=O) groups excluding carboxylic acids is 3. The average molecular weight is 647 g/mol. The Morgan fingerprint density at radius 1 is 0.976 bits per heavy atom. The molecule has 1 N–H and O–H groups in total. The number of carbonyl (C=O) groups is 3. The smallest absolute Gasteiger partial charge is 0.328 e. The van der Waals surface area contributed by atoms with Crippen molar-refractivity contribution in [2.45, 2.75) is 55.5 Å². The topological polar surface area (TPSA) is 120 Å². The van der Waals surface area contributed by atoms with E-state index in [0.717, 1.165) is 49.9 Å². The molecule has 11 nitrogen and oxygen atoms in total. The Bertz CT molecular complexity index is 1210. The Kier molecular flexibility index (Phi) is 11.5. The summed E-state index contributed by atoms with van der Waals surface area (Å²) in [6, 6.07) is 1.90. The van der Waals surface area contributed by atoms with Gasteiger partial charge < -0.3 is 24.8 Å². The van der Waals surface area contributed by atoms with Crippen LogP contribution in [0.15, 0.2) is 23.1 Å². The molecule has 2 amide bonds. The van der Waals surface area contributed by atoms with Crippen LogP contribution in [0.3, 0.4) is 0 Å². The molecule has 4 rings (SSSR count). The lowest BCUT2D eigenvalue weighted by Crippen LogP contribution is -2.51. The molecule has 0 radical (unpaired) electrons. The summed E-state index contributed by atoms with van der Waals surface area (Å²) >= 11 is 12.0. The molecule has 3 saturated heterocycles. The summed E-state index contributed by atoms with van der Waals surface area (Å²) in [7, 11) is -0.719. The molecule has 0 unspecified atom stereocenters. The van der Waals surface area contributed by atoms with Crippen LogP contribution < -0.4 is 5.32 Å². The highest BCUT2D eigenvalue weighted by molar-refractivity contribution is 7.89. The fraction of sp³-hybridized carbons (Fsp3) is 0.679. The van der Waals surface area contributed by atoms with E-state index in [0.29, 0.717) is 25.4 Å². The van der Waals surface area contributed by atoms with E-state index >= 15 is 0 Å². The molecular formula is C28H41Cl2N5O6S. The first kappa shape index (κ1) is 32.9. The summed E-state index contributed by atoms with van der Waals surface area (Å²) in [6.45, 7) is 6.87. The predicted molar refractivity (Wildman–Crippen MR) is 160 cm³/mol. The van der Waals surface area contributed by atoms with Crippen LogP contribution in [0.4, 0.5) is 0 Å². The number of piperidine rings is 1. The normalized spacial score (nSPS) is 22.2. The van der Waals surface area contributed by atoms with Gasteiger partial charge in [0.2, 0.25) is 21.8 Å². The maximum Gasteiger partial charge on any atom is 0.328 e. The predicted octanol–water partition coefficient (Wildman–Crippen LogP) is 2.07. The van der Waals surface area contributed by atoms with Gasteiger partial charge in [-0.3, -0.25) is 9.59 Å². The molecule has 3 aliphatic rings. The van der Waals surface area contributed by atoms with E-state index in [9.17, 15) is 22.8 Å². The largest absolute Gasteiger partial charge is 0.467 e. The van der Waals surface area contributed by atoms with Crippen molar-refractivity contribution >= 4 is 51.0 Å². The Labute approximate surface area is 258 Å². The van der Waals surface area contributed by atoms with Crippen molar-refractivity contribution in [3.63, 3.8) is 0 Å². The Morgan fingerprint density at radius 2 is 1.62 bits per heavy atom. The number of esters is 1. The number of halogens is 2. The van der Waals surface area contributed by atoms with E-state index in [4.69, 9.17) is 27.9 Å². The quantitative estimate of drug-likeness (QED) is 0.384. The number of likely N-dealkylation sites (N-methyl/N-ethyl adjacent to an activating group) is 1. The van der Waals surface area contributed by atoms with Crippen LogP contribution in [-0.2, 0) is 29.1 Å². The minimum absolute atomic E-state index is 0.0574. The number of ether oxygens (including phenoxy) is 1. The number of amides is 2. The Balaban J connectivity index is 1.30. The van der Waals surface area contributed by atoms with Crippen LogP contribution in [0, 0.1) is 5.92 Å². The summed E-state index contributed by atoms with van der Waals surface area (Å²) in [6.07, 6.45) is 2.77. The molecule has 3 heterocycles. The van der Waals surface area contributed by atoms with Crippen LogP contribution in [-0.4, -0.2) is 124 Å². The van der Waals surface area contributed by atoms with Gasteiger partial charge in [0.05, 0.1) is 12.0 Å².